The van der Waals surface area contributed by atoms with Crippen molar-refractivity contribution in [3.63, 3.8) is 0 Å². The van der Waals surface area contributed by atoms with Crippen LogP contribution in [0.4, 0.5) is 0 Å². The van der Waals surface area contributed by atoms with E-state index in [-0.39, 0.29) is 24.2 Å². The highest BCUT2D eigenvalue weighted by Crippen LogP contribution is 2.30. The molecule has 1 aliphatic rings. The van der Waals surface area contributed by atoms with Crippen molar-refractivity contribution >= 4 is 22.2 Å². The van der Waals surface area contributed by atoms with Gasteiger partial charge in [-0.1, -0.05) is 48.5 Å². The lowest BCUT2D eigenvalue weighted by molar-refractivity contribution is 0.594. The van der Waals surface area contributed by atoms with Crippen LogP contribution in [-0.2, 0) is 9.84 Å². The molecule has 3 nitrogen and oxygen atoms in total. The summed E-state index contributed by atoms with van der Waals surface area (Å²) in [7, 11) is -3.18. The Bertz CT molecular complexity index is 686. The molecule has 1 heterocycles. The highest BCUT2D eigenvalue weighted by atomic mass is 35.5. The summed E-state index contributed by atoms with van der Waals surface area (Å²) in [5.74, 6) is 0.146. The molecule has 0 aromatic heterocycles. The van der Waals surface area contributed by atoms with Gasteiger partial charge in [0.05, 0.1) is 16.7 Å². The van der Waals surface area contributed by atoms with Crippen LogP contribution in [0.15, 0.2) is 59.5 Å². The molecule has 0 amide bonds. The zero-order chi connectivity index (χ0) is 13.3. The molecule has 5 heteroatoms. The van der Waals surface area contributed by atoms with Gasteiger partial charge in [-0.25, -0.2) is 8.42 Å². The second kappa shape index (κ2) is 5.95. The van der Waals surface area contributed by atoms with Gasteiger partial charge in [0.25, 0.3) is 0 Å². The number of halogens is 1. The van der Waals surface area contributed by atoms with E-state index in [4.69, 9.17) is 0 Å². The van der Waals surface area contributed by atoms with Gasteiger partial charge in [-0.3, -0.25) is 0 Å². The van der Waals surface area contributed by atoms with Gasteiger partial charge in [0.2, 0.25) is 0 Å². The number of nitrogens with one attached hydrogen (secondary N) is 1. The normalized spacial score (nSPS) is 20.3. The number of hydrogen-bond acceptors (Lipinski definition) is 3. The monoisotopic (exact) mass is 309 g/mol. The third-order valence-corrected chi connectivity index (χ3v) is 5.20. The summed E-state index contributed by atoms with van der Waals surface area (Å²) in [6.07, 6.45) is 0. The lowest BCUT2D eigenvalue weighted by Gasteiger charge is -2.18. The largest absolute Gasteiger partial charge is 0.305 e. The van der Waals surface area contributed by atoms with Gasteiger partial charge in [-0.2, -0.15) is 0 Å². The van der Waals surface area contributed by atoms with Gasteiger partial charge < -0.3 is 5.32 Å². The van der Waals surface area contributed by atoms with Gasteiger partial charge in [0.15, 0.2) is 9.84 Å². The average molecular weight is 310 g/mol. The van der Waals surface area contributed by atoms with E-state index in [0.717, 1.165) is 11.1 Å². The van der Waals surface area contributed by atoms with Crippen LogP contribution in [0, 0.1) is 0 Å². The molecule has 20 heavy (non-hydrogen) atoms. The second-order valence-electron chi connectivity index (χ2n) is 4.65. The first-order valence-electron chi connectivity index (χ1n) is 6.28. The van der Waals surface area contributed by atoms with Crippen LogP contribution in [0.1, 0.15) is 17.2 Å². The van der Waals surface area contributed by atoms with Gasteiger partial charge in [0.1, 0.15) is 0 Å². The molecule has 0 aliphatic carbocycles. The van der Waals surface area contributed by atoms with Gasteiger partial charge in [0, 0.05) is 6.54 Å². The highest BCUT2D eigenvalue weighted by molar-refractivity contribution is 7.91. The van der Waals surface area contributed by atoms with Gasteiger partial charge in [-0.15, -0.1) is 12.4 Å². The maximum Gasteiger partial charge on any atom is 0.179 e. The minimum atomic E-state index is -3.18. The molecular formula is C15H16ClNO2S. The molecular weight excluding hydrogens is 294 g/mol. The lowest BCUT2D eigenvalue weighted by Crippen LogP contribution is -2.23. The van der Waals surface area contributed by atoms with Crippen molar-refractivity contribution in [2.45, 2.75) is 10.9 Å². The maximum absolute atomic E-state index is 12.2. The molecule has 1 N–H and O–H groups in total. The van der Waals surface area contributed by atoms with Crippen molar-refractivity contribution in [2.75, 3.05) is 12.3 Å². The molecule has 1 aliphatic heterocycles. The maximum atomic E-state index is 12.2. The quantitative estimate of drug-likeness (QED) is 0.880. The Labute approximate surface area is 125 Å². The Hall–Kier alpha value is -1.36. The second-order valence-corrected chi connectivity index (χ2v) is 6.73. The van der Waals surface area contributed by atoms with E-state index in [1.54, 1.807) is 12.1 Å². The smallest absolute Gasteiger partial charge is 0.179 e. The van der Waals surface area contributed by atoms with Crippen molar-refractivity contribution < 1.29 is 8.42 Å². The molecule has 0 bridgehead atoms. The fourth-order valence-electron chi connectivity index (χ4n) is 2.50. The Morgan fingerprint density at radius 2 is 1.60 bits per heavy atom. The summed E-state index contributed by atoms with van der Waals surface area (Å²) in [6.45, 7) is 0.469. The van der Waals surface area contributed by atoms with E-state index in [9.17, 15) is 8.42 Å². The molecule has 0 saturated carbocycles. The minimum Gasteiger partial charge on any atom is -0.305 e. The summed E-state index contributed by atoms with van der Waals surface area (Å²) >= 11 is 0. The number of rotatable bonds is 1. The molecule has 0 fully saturated rings. The molecule has 0 radical (unpaired) electrons. The third kappa shape index (κ3) is 2.73. The number of sulfone groups is 1. The molecule has 1 atom stereocenters. The molecule has 3 rings (SSSR count). The Balaban J connectivity index is 0.00000147. The predicted octanol–water partition coefficient (Wildman–Crippen LogP) is 2.57. The molecule has 1 unspecified atom stereocenters. The van der Waals surface area contributed by atoms with Crippen LogP contribution in [-0.4, -0.2) is 20.7 Å². The van der Waals surface area contributed by atoms with Crippen LogP contribution in [0.25, 0.3) is 0 Å². The predicted molar refractivity (Wildman–Crippen MR) is 82.0 cm³/mol. The Kier molecular flexibility index (Phi) is 4.48. The Morgan fingerprint density at radius 1 is 0.950 bits per heavy atom. The van der Waals surface area contributed by atoms with Crippen molar-refractivity contribution in [3.8, 4) is 0 Å². The van der Waals surface area contributed by atoms with Gasteiger partial charge >= 0.3 is 0 Å². The molecule has 2 aromatic rings. The Morgan fingerprint density at radius 3 is 2.35 bits per heavy atom. The van der Waals surface area contributed by atoms with E-state index in [1.165, 1.54) is 0 Å². The zero-order valence-electron chi connectivity index (χ0n) is 10.8. The molecule has 2 aromatic carbocycles. The standard InChI is InChI=1S/C15H15NO2S.ClH/c17-19(18)11-10-16-15(12-6-2-1-3-7-12)13-8-4-5-9-14(13)19;/h1-9,15-16H,10-11H2;1H. The topological polar surface area (TPSA) is 46.2 Å². The summed E-state index contributed by atoms with van der Waals surface area (Å²) in [5, 5.41) is 3.33. The third-order valence-electron chi connectivity index (χ3n) is 3.42. The van der Waals surface area contributed by atoms with E-state index in [1.807, 2.05) is 42.5 Å². The summed E-state index contributed by atoms with van der Waals surface area (Å²) in [5.41, 5.74) is 1.93. The molecule has 106 valence electrons. The van der Waals surface area contributed by atoms with Crippen LogP contribution in [0.5, 0.6) is 0 Å². The fraction of sp³-hybridized carbons (Fsp3) is 0.200. The molecule has 0 spiro atoms. The SMILES string of the molecule is Cl.O=S1(=O)CCNC(c2ccccc2)c2ccccc21. The van der Waals surface area contributed by atoms with Gasteiger partial charge in [-0.05, 0) is 17.2 Å². The highest BCUT2D eigenvalue weighted by Gasteiger charge is 2.27. The van der Waals surface area contributed by atoms with Crippen LogP contribution in [0.2, 0.25) is 0 Å². The molecule has 0 saturated heterocycles. The van der Waals surface area contributed by atoms with E-state index < -0.39 is 9.84 Å². The van der Waals surface area contributed by atoms with Crippen LogP contribution in [0.3, 0.4) is 0 Å². The van der Waals surface area contributed by atoms with Crippen molar-refractivity contribution in [2.24, 2.45) is 0 Å². The van der Waals surface area contributed by atoms with Crippen LogP contribution < -0.4 is 5.32 Å². The minimum absolute atomic E-state index is 0. The lowest BCUT2D eigenvalue weighted by atomic mass is 9.99. The van der Waals surface area contributed by atoms with Crippen molar-refractivity contribution in [3.05, 3.63) is 65.7 Å². The number of benzene rings is 2. The zero-order valence-corrected chi connectivity index (χ0v) is 12.5. The summed E-state index contributed by atoms with van der Waals surface area (Å²) < 4.78 is 24.5. The fourth-order valence-corrected chi connectivity index (χ4v) is 3.94. The first kappa shape index (κ1) is 15.0. The van der Waals surface area contributed by atoms with Crippen LogP contribution >= 0.6 is 12.4 Å². The first-order valence-corrected chi connectivity index (χ1v) is 7.94. The average Bonchev–Trinajstić information content (AvgIpc) is 2.57. The van der Waals surface area contributed by atoms with E-state index in [0.29, 0.717) is 11.4 Å². The van der Waals surface area contributed by atoms with Crippen molar-refractivity contribution in [1.82, 2.24) is 5.32 Å². The van der Waals surface area contributed by atoms with E-state index in [2.05, 4.69) is 5.32 Å². The first-order chi connectivity index (χ1) is 9.18. The summed E-state index contributed by atoms with van der Waals surface area (Å²) in [4.78, 5) is 0.453. The van der Waals surface area contributed by atoms with E-state index >= 15 is 0 Å². The number of hydrogen-bond donors (Lipinski definition) is 1. The van der Waals surface area contributed by atoms with Crippen molar-refractivity contribution in [1.29, 1.82) is 0 Å². The number of fused-ring (bicyclic) bond motifs is 1. The summed E-state index contributed by atoms with van der Waals surface area (Å²) in [6, 6.07) is 17.1.